The second-order valence-electron chi connectivity index (χ2n) is 3.67. The summed E-state index contributed by atoms with van der Waals surface area (Å²) in [5.74, 6) is -1.03. The van der Waals surface area contributed by atoms with Crippen molar-refractivity contribution in [2.75, 3.05) is 7.11 Å². The first-order chi connectivity index (χ1) is 8.67. The minimum atomic E-state index is -0.574. The fraction of sp³-hybridized carbons (Fsp3) is 0.0714. The van der Waals surface area contributed by atoms with Crippen molar-refractivity contribution in [3.05, 3.63) is 53.6 Å². The average molecular weight is 248 g/mol. The van der Waals surface area contributed by atoms with Gasteiger partial charge in [-0.05, 0) is 23.8 Å². The summed E-state index contributed by atoms with van der Waals surface area (Å²) < 4.78 is 31.9. The Hall–Kier alpha value is -2.23. The van der Waals surface area contributed by atoms with E-state index in [0.29, 0.717) is 11.8 Å². The minimum absolute atomic E-state index is 0.0775. The molecule has 0 aliphatic rings. The molecule has 92 valence electrons. The Morgan fingerprint density at radius 3 is 2.56 bits per heavy atom. The summed E-state index contributed by atoms with van der Waals surface area (Å²) in [5.41, 5.74) is 0.640. The van der Waals surface area contributed by atoms with Gasteiger partial charge in [0.05, 0.1) is 7.11 Å². The van der Waals surface area contributed by atoms with Crippen molar-refractivity contribution in [3.8, 4) is 16.9 Å². The van der Waals surface area contributed by atoms with Gasteiger partial charge in [0.25, 0.3) is 0 Å². The predicted octanol–water partition coefficient (Wildman–Crippen LogP) is 3.45. The third-order valence-corrected chi connectivity index (χ3v) is 2.61. The highest BCUT2D eigenvalue weighted by Gasteiger charge is 2.13. The Morgan fingerprint density at radius 2 is 1.89 bits per heavy atom. The molecule has 0 fully saturated rings. The highest BCUT2D eigenvalue weighted by Crippen LogP contribution is 2.30. The summed E-state index contributed by atoms with van der Waals surface area (Å²) in [5, 5.41) is 0. The molecule has 2 rings (SSSR count). The standard InChI is InChI=1S/C14H10F2O2/c1-18-13-4-2-3-12(14(13)16)11-6-5-10(15)7-9(11)8-17/h2-8H,1H3. The Balaban J connectivity index is 2.65. The molecule has 0 atom stereocenters. The molecule has 0 heterocycles. The topological polar surface area (TPSA) is 26.3 Å². The van der Waals surface area contributed by atoms with Gasteiger partial charge in [-0.25, -0.2) is 8.78 Å². The van der Waals surface area contributed by atoms with Crippen LogP contribution in [0.15, 0.2) is 36.4 Å². The Labute approximate surface area is 103 Å². The van der Waals surface area contributed by atoms with Gasteiger partial charge in [-0.3, -0.25) is 4.79 Å². The molecule has 0 spiro atoms. The number of benzene rings is 2. The Morgan fingerprint density at radius 1 is 1.11 bits per heavy atom. The first kappa shape index (κ1) is 12.2. The van der Waals surface area contributed by atoms with Crippen molar-refractivity contribution in [1.82, 2.24) is 0 Å². The number of carbonyl (C=O) groups is 1. The van der Waals surface area contributed by atoms with Crippen LogP contribution in [0.5, 0.6) is 5.75 Å². The van der Waals surface area contributed by atoms with Gasteiger partial charge < -0.3 is 4.74 Å². The first-order valence-electron chi connectivity index (χ1n) is 5.25. The van der Waals surface area contributed by atoms with Gasteiger partial charge in [0.15, 0.2) is 17.9 Å². The van der Waals surface area contributed by atoms with Crippen molar-refractivity contribution < 1.29 is 18.3 Å². The molecule has 0 saturated heterocycles. The second kappa shape index (κ2) is 4.96. The van der Waals surface area contributed by atoms with Gasteiger partial charge >= 0.3 is 0 Å². The van der Waals surface area contributed by atoms with Crippen molar-refractivity contribution in [3.63, 3.8) is 0 Å². The zero-order valence-corrected chi connectivity index (χ0v) is 9.61. The monoisotopic (exact) mass is 248 g/mol. The van der Waals surface area contributed by atoms with Crippen LogP contribution in [0.1, 0.15) is 10.4 Å². The minimum Gasteiger partial charge on any atom is -0.494 e. The molecule has 0 aliphatic carbocycles. The summed E-state index contributed by atoms with van der Waals surface area (Å²) in [6, 6.07) is 8.22. The molecule has 0 N–H and O–H groups in total. The van der Waals surface area contributed by atoms with E-state index in [1.807, 2.05) is 0 Å². The highest BCUT2D eigenvalue weighted by atomic mass is 19.1. The lowest BCUT2D eigenvalue weighted by Crippen LogP contribution is -1.95. The molecule has 0 aromatic heterocycles. The fourth-order valence-corrected chi connectivity index (χ4v) is 1.75. The quantitative estimate of drug-likeness (QED) is 0.777. The van der Waals surface area contributed by atoms with E-state index in [1.54, 1.807) is 6.07 Å². The molecule has 0 unspecified atom stereocenters. The fourth-order valence-electron chi connectivity index (χ4n) is 1.75. The Kier molecular flexibility index (Phi) is 3.37. The lowest BCUT2D eigenvalue weighted by Gasteiger charge is -2.09. The number of carbonyl (C=O) groups excluding carboxylic acids is 1. The SMILES string of the molecule is COc1cccc(-c2ccc(F)cc2C=O)c1F. The van der Waals surface area contributed by atoms with Crippen molar-refractivity contribution in [1.29, 1.82) is 0 Å². The first-order valence-corrected chi connectivity index (χ1v) is 5.25. The van der Waals surface area contributed by atoms with Crippen LogP contribution in [0, 0.1) is 11.6 Å². The average Bonchev–Trinajstić information content (AvgIpc) is 2.39. The van der Waals surface area contributed by atoms with Gasteiger partial charge in [0, 0.05) is 11.1 Å². The molecule has 0 saturated carbocycles. The third kappa shape index (κ3) is 2.09. The maximum atomic E-state index is 14.0. The van der Waals surface area contributed by atoms with Crippen molar-refractivity contribution in [2.45, 2.75) is 0 Å². The van der Waals surface area contributed by atoms with E-state index in [9.17, 15) is 13.6 Å². The third-order valence-electron chi connectivity index (χ3n) is 2.61. The normalized spacial score (nSPS) is 10.2. The van der Waals surface area contributed by atoms with Crippen molar-refractivity contribution >= 4 is 6.29 Å². The number of hydrogen-bond donors (Lipinski definition) is 0. The van der Waals surface area contributed by atoms with Crippen LogP contribution in [0.25, 0.3) is 11.1 Å². The molecule has 0 aliphatic heterocycles. The van der Waals surface area contributed by atoms with Crippen molar-refractivity contribution in [2.24, 2.45) is 0 Å². The van der Waals surface area contributed by atoms with E-state index in [0.717, 1.165) is 6.07 Å². The van der Waals surface area contributed by atoms with Gasteiger partial charge in [-0.1, -0.05) is 18.2 Å². The molecule has 0 bridgehead atoms. The van der Waals surface area contributed by atoms with E-state index >= 15 is 0 Å². The lowest BCUT2D eigenvalue weighted by atomic mass is 9.99. The van der Waals surface area contributed by atoms with Gasteiger partial charge in [-0.2, -0.15) is 0 Å². The van der Waals surface area contributed by atoms with Gasteiger partial charge in [0.1, 0.15) is 5.82 Å². The summed E-state index contributed by atoms with van der Waals surface area (Å²) in [6.45, 7) is 0. The zero-order valence-electron chi connectivity index (χ0n) is 9.61. The Bertz CT molecular complexity index is 594. The molecule has 18 heavy (non-hydrogen) atoms. The number of halogens is 2. The maximum Gasteiger partial charge on any atom is 0.172 e. The molecule has 4 heteroatoms. The molecule has 0 amide bonds. The van der Waals surface area contributed by atoms with Gasteiger partial charge in [0.2, 0.25) is 0 Å². The molecule has 2 aromatic carbocycles. The summed E-state index contributed by atoms with van der Waals surface area (Å²) in [6.07, 6.45) is 0.497. The molecule has 2 aromatic rings. The van der Waals surface area contributed by atoms with E-state index in [1.165, 1.54) is 31.4 Å². The summed E-state index contributed by atoms with van der Waals surface area (Å²) >= 11 is 0. The molecular formula is C14H10F2O2. The van der Waals surface area contributed by atoms with Crippen LogP contribution in [0.2, 0.25) is 0 Å². The number of methoxy groups -OCH3 is 1. The summed E-state index contributed by atoms with van der Waals surface area (Å²) in [7, 11) is 1.35. The predicted molar refractivity (Wildman–Crippen MR) is 63.7 cm³/mol. The largest absolute Gasteiger partial charge is 0.494 e. The number of hydrogen-bond acceptors (Lipinski definition) is 2. The second-order valence-corrected chi connectivity index (χ2v) is 3.67. The molecular weight excluding hydrogens is 238 g/mol. The van der Waals surface area contributed by atoms with Crippen LogP contribution >= 0.6 is 0 Å². The number of rotatable bonds is 3. The summed E-state index contributed by atoms with van der Waals surface area (Å²) in [4.78, 5) is 10.9. The maximum absolute atomic E-state index is 14.0. The number of aldehydes is 1. The van der Waals surface area contributed by atoms with Crippen LogP contribution in [0.3, 0.4) is 0 Å². The van der Waals surface area contributed by atoms with Crippen LogP contribution in [-0.4, -0.2) is 13.4 Å². The van der Waals surface area contributed by atoms with E-state index < -0.39 is 11.6 Å². The van der Waals surface area contributed by atoms with Gasteiger partial charge in [-0.15, -0.1) is 0 Å². The zero-order chi connectivity index (χ0) is 13.1. The highest BCUT2D eigenvalue weighted by molar-refractivity contribution is 5.88. The lowest BCUT2D eigenvalue weighted by molar-refractivity contribution is 0.112. The van der Waals surface area contributed by atoms with Crippen LogP contribution in [-0.2, 0) is 0 Å². The molecule has 2 nitrogen and oxygen atoms in total. The van der Waals surface area contributed by atoms with E-state index in [4.69, 9.17) is 4.74 Å². The van der Waals surface area contributed by atoms with Crippen LogP contribution < -0.4 is 4.74 Å². The van der Waals surface area contributed by atoms with Crippen LogP contribution in [0.4, 0.5) is 8.78 Å². The smallest absolute Gasteiger partial charge is 0.172 e. The molecule has 0 radical (unpaired) electrons. The van der Waals surface area contributed by atoms with E-state index in [-0.39, 0.29) is 16.9 Å². The van der Waals surface area contributed by atoms with E-state index in [2.05, 4.69) is 0 Å². The number of ether oxygens (including phenoxy) is 1.